The second-order valence-corrected chi connectivity index (χ2v) is 4.98. The highest BCUT2D eigenvalue weighted by Gasteiger charge is 2.17. The summed E-state index contributed by atoms with van der Waals surface area (Å²) in [5.74, 6) is -0.123. The van der Waals surface area contributed by atoms with Gasteiger partial charge in [-0.25, -0.2) is 0 Å². The maximum atomic E-state index is 11.0. The Bertz CT molecular complexity index is 424. The van der Waals surface area contributed by atoms with Crippen molar-refractivity contribution in [1.29, 1.82) is 0 Å². The highest BCUT2D eigenvalue weighted by Crippen LogP contribution is 2.22. The number of carbonyl (C=O) groups is 1. The standard InChI is InChI=1S/C15H22N2O.ClH/c1-4-14(18)17-11-7-9-12-8-5-6-10-13(12)15(2,3)16;/h4-6,8,10H,1,7,9,11,16H2,2-3H3,(H,17,18);1H. The summed E-state index contributed by atoms with van der Waals surface area (Å²) in [4.78, 5) is 11.0. The van der Waals surface area contributed by atoms with Crippen molar-refractivity contribution < 1.29 is 4.79 Å². The molecular formula is C15H23ClN2O. The third-order valence-corrected chi connectivity index (χ3v) is 2.82. The van der Waals surface area contributed by atoms with Gasteiger partial charge >= 0.3 is 0 Å². The lowest BCUT2D eigenvalue weighted by atomic mass is 9.89. The minimum absolute atomic E-state index is 0. The van der Waals surface area contributed by atoms with Crippen molar-refractivity contribution in [3.8, 4) is 0 Å². The van der Waals surface area contributed by atoms with Gasteiger partial charge in [-0.1, -0.05) is 30.8 Å². The zero-order valence-corrected chi connectivity index (χ0v) is 12.4. The van der Waals surface area contributed by atoms with Crippen molar-refractivity contribution >= 4 is 18.3 Å². The molecule has 0 aliphatic rings. The molecule has 1 amide bonds. The normalized spacial score (nSPS) is 10.5. The molecule has 0 aliphatic carbocycles. The number of nitrogens with two attached hydrogens (primary N) is 1. The van der Waals surface area contributed by atoms with Crippen molar-refractivity contribution in [2.24, 2.45) is 5.73 Å². The van der Waals surface area contributed by atoms with Crippen LogP contribution < -0.4 is 11.1 Å². The van der Waals surface area contributed by atoms with Gasteiger partial charge in [-0.2, -0.15) is 0 Å². The molecule has 0 fully saturated rings. The summed E-state index contributed by atoms with van der Waals surface area (Å²) in [5.41, 5.74) is 8.23. The zero-order valence-electron chi connectivity index (χ0n) is 11.6. The number of rotatable bonds is 6. The van der Waals surface area contributed by atoms with Crippen molar-refractivity contribution in [3.05, 3.63) is 48.0 Å². The van der Waals surface area contributed by atoms with E-state index in [0.29, 0.717) is 6.54 Å². The fourth-order valence-electron chi connectivity index (χ4n) is 1.93. The second kappa shape index (κ2) is 7.97. The lowest BCUT2D eigenvalue weighted by molar-refractivity contribution is -0.116. The van der Waals surface area contributed by atoms with Crippen LogP contribution in [-0.4, -0.2) is 12.5 Å². The van der Waals surface area contributed by atoms with Gasteiger partial charge in [0.05, 0.1) is 0 Å². The van der Waals surface area contributed by atoms with Crippen molar-refractivity contribution in [2.75, 3.05) is 6.54 Å². The van der Waals surface area contributed by atoms with E-state index in [4.69, 9.17) is 5.73 Å². The molecule has 3 nitrogen and oxygen atoms in total. The van der Waals surface area contributed by atoms with Crippen LogP contribution in [0.2, 0.25) is 0 Å². The molecule has 1 rings (SSSR count). The third-order valence-electron chi connectivity index (χ3n) is 2.82. The van der Waals surface area contributed by atoms with Crippen LogP contribution in [0, 0.1) is 0 Å². The summed E-state index contributed by atoms with van der Waals surface area (Å²) in [6, 6.07) is 8.19. The molecular weight excluding hydrogens is 260 g/mol. The molecule has 0 heterocycles. The second-order valence-electron chi connectivity index (χ2n) is 4.98. The van der Waals surface area contributed by atoms with Gasteiger partial charge in [0.15, 0.2) is 0 Å². The Morgan fingerprint density at radius 1 is 1.42 bits per heavy atom. The fraction of sp³-hybridized carbons (Fsp3) is 0.400. The first-order valence-electron chi connectivity index (χ1n) is 6.22. The molecule has 0 radical (unpaired) electrons. The Kier molecular flexibility index (Phi) is 7.42. The lowest BCUT2D eigenvalue weighted by Crippen LogP contribution is -2.30. The summed E-state index contributed by atoms with van der Waals surface area (Å²) in [6.45, 7) is 8.08. The Morgan fingerprint density at radius 2 is 2.05 bits per heavy atom. The minimum atomic E-state index is -0.332. The van der Waals surface area contributed by atoms with Crippen LogP contribution in [0.1, 0.15) is 31.4 Å². The van der Waals surface area contributed by atoms with Crippen LogP contribution >= 0.6 is 12.4 Å². The van der Waals surface area contributed by atoms with Crippen LogP contribution in [0.15, 0.2) is 36.9 Å². The topological polar surface area (TPSA) is 55.1 Å². The van der Waals surface area contributed by atoms with E-state index >= 15 is 0 Å². The van der Waals surface area contributed by atoms with E-state index in [9.17, 15) is 4.79 Å². The van der Waals surface area contributed by atoms with Crippen LogP contribution in [0.25, 0.3) is 0 Å². The average Bonchev–Trinajstić information content (AvgIpc) is 2.33. The molecule has 3 N–H and O–H groups in total. The van der Waals surface area contributed by atoms with Gasteiger partial charge in [0.2, 0.25) is 5.91 Å². The summed E-state index contributed by atoms with van der Waals surface area (Å²) in [6.07, 6.45) is 3.10. The van der Waals surface area contributed by atoms with Gasteiger partial charge in [-0.3, -0.25) is 4.79 Å². The van der Waals surface area contributed by atoms with Crippen molar-refractivity contribution in [2.45, 2.75) is 32.2 Å². The Morgan fingerprint density at radius 3 is 2.63 bits per heavy atom. The summed E-state index contributed by atoms with van der Waals surface area (Å²) < 4.78 is 0. The number of nitrogens with one attached hydrogen (secondary N) is 1. The summed E-state index contributed by atoms with van der Waals surface area (Å²) in [5, 5.41) is 2.77. The predicted molar refractivity (Wildman–Crippen MR) is 82.4 cm³/mol. The molecule has 19 heavy (non-hydrogen) atoms. The lowest BCUT2D eigenvalue weighted by Gasteiger charge is -2.22. The molecule has 0 aromatic heterocycles. The Labute approximate surface area is 121 Å². The van der Waals surface area contributed by atoms with Gasteiger partial charge in [-0.05, 0) is 43.9 Å². The van der Waals surface area contributed by atoms with Crippen molar-refractivity contribution in [3.63, 3.8) is 0 Å². The molecule has 4 heteroatoms. The Balaban J connectivity index is 0.00000324. The first-order chi connectivity index (χ1) is 8.45. The van der Waals surface area contributed by atoms with E-state index in [1.807, 2.05) is 26.0 Å². The highest BCUT2D eigenvalue weighted by atomic mass is 35.5. The van der Waals surface area contributed by atoms with Crippen molar-refractivity contribution in [1.82, 2.24) is 5.32 Å². The van der Waals surface area contributed by atoms with E-state index in [1.54, 1.807) is 0 Å². The van der Waals surface area contributed by atoms with Crippen LogP contribution in [0.5, 0.6) is 0 Å². The number of halogens is 1. The van der Waals surface area contributed by atoms with Crippen LogP contribution in [0.3, 0.4) is 0 Å². The number of amides is 1. The quantitative estimate of drug-likeness (QED) is 0.622. The monoisotopic (exact) mass is 282 g/mol. The largest absolute Gasteiger partial charge is 0.353 e. The minimum Gasteiger partial charge on any atom is -0.353 e. The first-order valence-corrected chi connectivity index (χ1v) is 6.22. The van der Waals surface area contributed by atoms with Gasteiger partial charge in [0.25, 0.3) is 0 Å². The zero-order chi connectivity index (χ0) is 13.6. The van der Waals surface area contributed by atoms with E-state index in [1.165, 1.54) is 17.2 Å². The molecule has 0 atom stereocenters. The number of benzene rings is 1. The first kappa shape index (κ1) is 17.7. The SMILES string of the molecule is C=CC(=O)NCCCc1ccccc1C(C)(C)N.Cl. The van der Waals surface area contributed by atoms with Gasteiger partial charge in [-0.15, -0.1) is 12.4 Å². The molecule has 0 saturated heterocycles. The number of carbonyl (C=O) groups excluding carboxylic acids is 1. The van der Waals surface area contributed by atoms with Crippen LogP contribution in [-0.2, 0) is 16.8 Å². The molecule has 106 valence electrons. The molecule has 0 saturated carbocycles. The maximum Gasteiger partial charge on any atom is 0.243 e. The fourth-order valence-corrected chi connectivity index (χ4v) is 1.93. The molecule has 1 aromatic rings. The predicted octanol–water partition coefficient (Wildman–Crippen LogP) is 2.54. The molecule has 1 aromatic carbocycles. The molecule has 0 bridgehead atoms. The van der Waals surface area contributed by atoms with Crippen LogP contribution in [0.4, 0.5) is 0 Å². The summed E-state index contributed by atoms with van der Waals surface area (Å²) >= 11 is 0. The van der Waals surface area contributed by atoms with Gasteiger partial charge in [0, 0.05) is 12.1 Å². The van der Waals surface area contributed by atoms with E-state index in [-0.39, 0.29) is 23.9 Å². The molecule has 0 spiro atoms. The average molecular weight is 283 g/mol. The smallest absolute Gasteiger partial charge is 0.243 e. The molecule has 0 unspecified atom stereocenters. The van der Waals surface area contributed by atoms with Gasteiger partial charge < -0.3 is 11.1 Å². The van der Waals surface area contributed by atoms with E-state index < -0.39 is 0 Å². The highest BCUT2D eigenvalue weighted by molar-refractivity contribution is 5.86. The van der Waals surface area contributed by atoms with E-state index in [2.05, 4.69) is 24.0 Å². The molecule has 0 aliphatic heterocycles. The summed E-state index contributed by atoms with van der Waals surface area (Å²) in [7, 11) is 0. The number of hydrogen-bond donors (Lipinski definition) is 2. The maximum absolute atomic E-state index is 11.0. The number of aryl methyl sites for hydroxylation is 1. The number of hydrogen-bond acceptors (Lipinski definition) is 2. The van der Waals surface area contributed by atoms with E-state index in [0.717, 1.165) is 12.8 Å². The Hall–Kier alpha value is -1.32. The third kappa shape index (κ3) is 5.90. The van der Waals surface area contributed by atoms with Gasteiger partial charge in [0.1, 0.15) is 0 Å².